The molecule has 0 bridgehead atoms. The van der Waals surface area contributed by atoms with Crippen molar-refractivity contribution in [1.29, 1.82) is 0 Å². The predicted molar refractivity (Wildman–Crippen MR) is 65.3 cm³/mol. The van der Waals surface area contributed by atoms with Crippen molar-refractivity contribution in [3.8, 4) is 0 Å². The Balaban J connectivity index is 0.00000128. The number of anilines is 1. The summed E-state index contributed by atoms with van der Waals surface area (Å²) in [6, 6.07) is 9.58. The standard InChI is InChI=1S/C10H9NO3S.Na.H/c11-8-5-4-7-2-1-3-10(9(7)6-8)15(12,13)14;;/h1-6H,11H2,(H,12,13,14);;. The van der Waals surface area contributed by atoms with Gasteiger partial charge in [0.25, 0.3) is 10.1 Å². The van der Waals surface area contributed by atoms with Crippen molar-refractivity contribution >= 4 is 56.1 Å². The van der Waals surface area contributed by atoms with Crippen LogP contribution in [0.25, 0.3) is 10.8 Å². The second-order valence-electron chi connectivity index (χ2n) is 3.21. The van der Waals surface area contributed by atoms with E-state index >= 15 is 0 Å². The van der Waals surface area contributed by atoms with Crippen LogP contribution in [0.3, 0.4) is 0 Å². The zero-order valence-corrected chi connectivity index (χ0v) is 8.53. The van der Waals surface area contributed by atoms with Gasteiger partial charge in [-0.1, -0.05) is 18.2 Å². The molecule has 0 saturated carbocycles. The van der Waals surface area contributed by atoms with Crippen LogP contribution in [0.2, 0.25) is 0 Å². The molecule has 4 nitrogen and oxygen atoms in total. The van der Waals surface area contributed by atoms with Gasteiger partial charge in [0, 0.05) is 11.1 Å². The number of nitrogen functional groups attached to an aromatic ring is 1. The van der Waals surface area contributed by atoms with Crippen LogP contribution in [0.5, 0.6) is 0 Å². The van der Waals surface area contributed by atoms with Gasteiger partial charge < -0.3 is 5.73 Å². The number of rotatable bonds is 1. The maximum atomic E-state index is 11.1. The number of hydrogen-bond donors (Lipinski definition) is 2. The summed E-state index contributed by atoms with van der Waals surface area (Å²) in [5.74, 6) is 0. The molecule has 0 aliphatic heterocycles. The molecule has 3 N–H and O–H groups in total. The second-order valence-corrected chi connectivity index (χ2v) is 4.60. The minimum absolute atomic E-state index is 0. The van der Waals surface area contributed by atoms with E-state index in [-0.39, 0.29) is 34.5 Å². The fourth-order valence-corrected chi connectivity index (χ4v) is 2.19. The molecular weight excluding hydrogens is 237 g/mol. The molecule has 0 unspecified atom stereocenters. The molecule has 80 valence electrons. The van der Waals surface area contributed by atoms with Crippen molar-refractivity contribution in [2.24, 2.45) is 0 Å². The van der Waals surface area contributed by atoms with E-state index in [1.165, 1.54) is 12.1 Å². The van der Waals surface area contributed by atoms with E-state index in [0.717, 1.165) is 5.39 Å². The van der Waals surface area contributed by atoms with Gasteiger partial charge in [-0.3, -0.25) is 4.55 Å². The molecule has 0 aliphatic rings. The van der Waals surface area contributed by atoms with E-state index in [2.05, 4.69) is 0 Å². The summed E-state index contributed by atoms with van der Waals surface area (Å²) in [6.45, 7) is 0. The van der Waals surface area contributed by atoms with E-state index in [0.29, 0.717) is 11.1 Å². The topological polar surface area (TPSA) is 80.4 Å². The van der Waals surface area contributed by atoms with Crippen LogP contribution in [0.1, 0.15) is 0 Å². The Morgan fingerprint density at radius 3 is 2.44 bits per heavy atom. The molecule has 0 aromatic heterocycles. The summed E-state index contributed by atoms with van der Waals surface area (Å²) < 4.78 is 31.2. The van der Waals surface area contributed by atoms with Crippen molar-refractivity contribution in [2.75, 3.05) is 5.73 Å². The average molecular weight is 247 g/mol. The molecule has 0 spiro atoms. The normalized spacial score (nSPS) is 11.1. The van der Waals surface area contributed by atoms with Gasteiger partial charge in [0.05, 0.1) is 0 Å². The Hall–Kier alpha value is -0.590. The van der Waals surface area contributed by atoms with Gasteiger partial charge in [0.15, 0.2) is 0 Å². The van der Waals surface area contributed by atoms with E-state index < -0.39 is 10.1 Å². The van der Waals surface area contributed by atoms with Gasteiger partial charge in [-0.25, -0.2) is 0 Å². The summed E-state index contributed by atoms with van der Waals surface area (Å²) in [5, 5.41) is 1.15. The number of benzene rings is 2. The van der Waals surface area contributed by atoms with Gasteiger partial charge in [0.1, 0.15) is 4.90 Å². The molecule has 2 aromatic carbocycles. The minimum atomic E-state index is -4.20. The molecule has 2 rings (SSSR count). The molecule has 0 atom stereocenters. The van der Waals surface area contributed by atoms with E-state index in [9.17, 15) is 8.42 Å². The van der Waals surface area contributed by atoms with E-state index in [1.807, 2.05) is 0 Å². The first-order valence-corrected chi connectivity index (χ1v) is 5.68. The van der Waals surface area contributed by atoms with Crippen molar-refractivity contribution in [3.63, 3.8) is 0 Å². The Labute approximate surface area is 115 Å². The molecule has 0 heterocycles. The van der Waals surface area contributed by atoms with Crippen molar-refractivity contribution in [1.82, 2.24) is 0 Å². The average Bonchev–Trinajstić information content (AvgIpc) is 2.15. The molecule has 0 fully saturated rings. The summed E-state index contributed by atoms with van der Waals surface area (Å²) in [4.78, 5) is -0.118. The summed E-state index contributed by atoms with van der Waals surface area (Å²) in [7, 11) is -4.20. The quantitative estimate of drug-likeness (QED) is 0.448. The van der Waals surface area contributed by atoms with Crippen LogP contribution in [0, 0.1) is 0 Å². The van der Waals surface area contributed by atoms with Crippen molar-refractivity contribution in [2.45, 2.75) is 4.90 Å². The molecular formula is C10H10NNaO3S. The molecule has 16 heavy (non-hydrogen) atoms. The monoisotopic (exact) mass is 247 g/mol. The SMILES string of the molecule is Nc1ccc2cccc(S(=O)(=O)O)c2c1.[NaH]. The fraction of sp³-hybridized carbons (Fsp3) is 0. The third-order valence-electron chi connectivity index (χ3n) is 2.14. The van der Waals surface area contributed by atoms with Crippen LogP contribution in [0.4, 0.5) is 5.69 Å². The Morgan fingerprint density at radius 1 is 1.12 bits per heavy atom. The third kappa shape index (κ3) is 2.56. The van der Waals surface area contributed by atoms with E-state index in [4.69, 9.17) is 10.3 Å². The van der Waals surface area contributed by atoms with Gasteiger partial charge in [-0.15, -0.1) is 0 Å². The third-order valence-corrected chi connectivity index (χ3v) is 3.06. The van der Waals surface area contributed by atoms with Crippen LogP contribution < -0.4 is 5.73 Å². The number of hydrogen-bond acceptors (Lipinski definition) is 3. The van der Waals surface area contributed by atoms with Gasteiger partial charge >= 0.3 is 29.6 Å². The Morgan fingerprint density at radius 2 is 1.81 bits per heavy atom. The maximum absolute atomic E-state index is 11.1. The zero-order chi connectivity index (χ0) is 11.1. The molecule has 0 radical (unpaired) electrons. The van der Waals surface area contributed by atoms with Crippen molar-refractivity contribution in [3.05, 3.63) is 36.4 Å². The second kappa shape index (κ2) is 4.73. The Bertz CT molecular complexity index is 625. The summed E-state index contributed by atoms with van der Waals surface area (Å²) >= 11 is 0. The van der Waals surface area contributed by atoms with Crippen LogP contribution >= 0.6 is 0 Å². The molecule has 6 heteroatoms. The van der Waals surface area contributed by atoms with Gasteiger partial charge in [-0.05, 0) is 23.6 Å². The van der Waals surface area contributed by atoms with Crippen molar-refractivity contribution < 1.29 is 13.0 Å². The first-order valence-electron chi connectivity index (χ1n) is 4.24. The summed E-state index contributed by atoms with van der Waals surface area (Å²) in [5.41, 5.74) is 6.02. The Kier molecular flexibility index (Phi) is 3.98. The van der Waals surface area contributed by atoms with Gasteiger partial charge in [0.2, 0.25) is 0 Å². The van der Waals surface area contributed by atoms with Crippen LogP contribution in [-0.4, -0.2) is 42.5 Å². The first-order chi connectivity index (χ1) is 6.98. The first kappa shape index (κ1) is 13.5. The predicted octanol–water partition coefficient (Wildman–Crippen LogP) is 1.02. The van der Waals surface area contributed by atoms with Crippen LogP contribution in [0.15, 0.2) is 41.3 Å². The summed E-state index contributed by atoms with van der Waals surface area (Å²) in [6.07, 6.45) is 0. The molecule has 0 saturated heterocycles. The molecule has 0 amide bonds. The molecule has 2 aromatic rings. The molecule has 0 aliphatic carbocycles. The fourth-order valence-electron chi connectivity index (χ4n) is 1.49. The van der Waals surface area contributed by atoms with Crippen LogP contribution in [-0.2, 0) is 10.1 Å². The number of fused-ring (bicyclic) bond motifs is 1. The van der Waals surface area contributed by atoms with Gasteiger partial charge in [-0.2, -0.15) is 8.42 Å². The zero-order valence-electron chi connectivity index (χ0n) is 7.71. The number of nitrogens with two attached hydrogens (primary N) is 1. The van der Waals surface area contributed by atoms with E-state index in [1.54, 1.807) is 24.3 Å².